The van der Waals surface area contributed by atoms with Gasteiger partial charge in [0.25, 0.3) is 0 Å². The van der Waals surface area contributed by atoms with E-state index >= 15 is 0 Å². The Morgan fingerprint density at radius 3 is 2.92 bits per heavy atom. The summed E-state index contributed by atoms with van der Waals surface area (Å²) in [6.45, 7) is 2.53. The summed E-state index contributed by atoms with van der Waals surface area (Å²) in [7, 11) is -3.03. The molecule has 1 unspecified atom stereocenters. The molecular weight excluding hydrogens is 346 g/mol. The van der Waals surface area contributed by atoms with Gasteiger partial charge in [-0.2, -0.15) is 4.98 Å². The molecule has 2 aromatic heterocycles. The molecular formula is C16H21N3O5S. The lowest BCUT2D eigenvalue weighted by Crippen LogP contribution is -2.41. The highest BCUT2D eigenvalue weighted by molar-refractivity contribution is 7.91. The minimum Gasteiger partial charge on any atom is -0.461 e. The molecule has 0 saturated carbocycles. The van der Waals surface area contributed by atoms with Gasteiger partial charge in [-0.1, -0.05) is 12.1 Å². The summed E-state index contributed by atoms with van der Waals surface area (Å²) in [4.78, 5) is 18.5. The predicted octanol–water partition coefficient (Wildman–Crippen LogP) is 1.69. The lowest BCUT2D eigenvalue weighted by atomic mass is 10.1. The molecule has 8 nitrogen and oxygen atoms in total. The Morgan fingerprint density at radius 2 is 2.28 bits per heavy atom. The average Bonchev–Trinajstić information content (AvgIpc) is 3.30. The van der Waals surface area contributed by atoms with E-state index < -0.39 is 9.84 Å². The number of carbonyl (C=O) groups is 1. The number of carbonyl (C=O) groups excluding carboxylic acids is 1. The molecule has 1 aliphatic heterocycles. The van der Waals surface area contributed by atoms with Crippen molar-refractivity contribution in [1.29, 1.82) is 0 Å². The molecule has 0 radical (unpaired) electrons. The molecule has 2 aromatic rings. The molecule has 136 valence electrons. The van der Waals surface area contributed by atoms with E-state index in [0.717, 1.165) is 6.42 Å². The van der Waals surface area contributed by atoms with Crippen LogP contribution < -0.4 is 0 Å². The molecule has 1 amide bonds. The number of nitrogens with zero attached hydrogens (tertiary/aromatic N) is 3. The first-order valence-corrected chi connectivity index (χ1v) is 10.2. The zero-order valence-electron chi connectivity index (χ0n) is 14.1. The Bertz CT molecular complexity index is 813. The van der Waals surface area contributed by atoms with E-state index in [-0.39, 0.29) is 29.9 Å². The first kappa shape index (κ1) is 17.7. The van der Waals surface area contributed by atoms with Crippen molar-refractivity contribution in [3.63, 3.8) is 0 Å². The highest BCUT2D eigenvalue weighted by atomic mass is 32.2. The number of aryl methyl sites for hydroxylation is 1. The molecule has 9 heteroatoms. The van der Waals surface area contributed by atoms with Gasteiger partial charge in [-0.05, 0) is 25.0 Å². The van der Waals surface area contributed by atoms with E-state index in [1.54, 1.807) is 17.0 Å². The van der Waals surface area contributed by atoms with Gasteiger partial charge < -0.3 is 13.8 Å². The van der Waals surface area contributed by atoms with Gasteiger partial charge in [-0.25, -0.2) is 8.42 Å². The van der Waals surface area contributed by atoms with E-state index in [1.165, 1.54) is 6.26 Å². The lowest BCUT2D eigenvalue weighted by molar-refractivity contribution is -0.133. The van der Waals surface area contributed by atoms with Gasteiger partial charge in [-0.3, -0.25) is 4.79 Å². The van der Waals surface area contributed by atoms with Crippen molar-refractivity contribution < 1.29 is 22.2 Å². The summed E-state index contributed by atoms with van der Waals surface area (Å²) in [5, 5.41) is 3.83. The van der Waals surface area contributed by atoms with Gasteiger partial charge in [0.05, 0.1) is 17.8 Å². The summed E-state index contributed by atoms with van der Waals surface area (Å²) in [5.74, 6) is 1.34. The summed E-state index contributed by atoms with van der Waals surface area (Å²) in [6, 6.07) is 3.23. The molecule has 25 heavy (non-hydrogen) atoms. The number of aromatic nitrogens is 2. The van der Waals surface area contributed by atoms with Gasteiger partial charge in [0.2, 0.25) is 17.6 Å². The molecule has 0 aromatic carbocycles. The molecule has 1 atom stereocenters. The van der Waals surface area contributed by atoms with Crippen molar-refractivity contribution in [3.8, 4) is 11.6 Å². The third-order valence-electron chi connectivity index (χ3n) is 4.20. The fourth-order valence-corrected chi connectivity index (χ4v) is 4.72. The Labute approximate surface area is 146 Å². The van der Waals surface area contributed by atoms with E-state index in [1.807, 2.05) is 6.92 Å². The highest BCUT2D eigenvalue weighted by Crippen LogP contribution is 2.20. The van der Waals surface area contributed by atoms with Gasteiger partial charge in [-0.15, -0.1) is 0 Å². The average molecular weight is 367 g/mol. The van der Waals surface area contributed by atoms with Crippen LogP contribution in [0.4, 0.5) is 0 Å². The number of hydrogen-bond donors (Lipinski definition) is 0. The SMILES string of the molecule is CCCN(C(=O)CCc1nc(-c2ccco2)no1)C1CCS(=O)(=O)C1. The molecule has 3 heterocycles. The lowest BCUT2D eigenvalue weighted by Gasteiger charge is -2.27. The Balaban J connectivity index is 1.60. The van der Waals surface area contributed by atoms with Gasteiger partial charge in [0.1, 0.15) is 0 Å². The Morgan fingerprint density at radius 1 is 1.44 bits per heavy atom. The summed E-state index contributed by atoms with van der Waals surface area (Å²) in [6.07, 6.45) is 3.33. The van der Waals surface area contributed by atoms with Crippen molar-refractivity contribution in [3.05, 3.63) is 24.3 Å². The van der Waals surface area contributed by atoms with Crippen LogP contribution in [0.3, 0.4) is 0 Å². The molecule has 1 aliphatic rings. The molecule has 0 aliphatic carbocycles. The first-order valence-electron chi connectivity index (χ1n) is 8.35. The number of hydrogen-bond acceptors (Lipinski definition) is 7. The zero-order valence-corrected chi connectivity index (χ0v) is 14.9. The second-order valence-corrected chi connectivity index (χ2v) is 8.36. The van der Waals surface area contributed by atoms with E-state index in [9.17, 15) is 13.2 Å². The molecule has 3 rings (SSSR count). The standard InChI is InChI=1S/C16H21N3O5S/c1-2-8-19(12-7-10-25(21,22)11-12)15(20)6-5-14-17-16(18-24-14)13-4-3-9-23-13/h3-4,9,12H,2,5-8,10-11H2,1H3. The minimum absolute atomic E-state index is 0.0575. The van der Waals surface area contributed by atoms with E-state index in [0.29, 0.717) is 36.9 Å². The summed E-state index contributed by atoms with van der Waals surface area (Å²) >= 11 is 0. The summed E-state index contributed by atoms with van der Waals surface area (Å²) in [5.41, 5.74) is 0. The van der Waals surface area contributed by atoms with Crippen LogP contribution in [-0.4, -0.2) is 53.5 Å². The van der Waals surface area contributed by atoms with E-state index in [2.05, 4.69) is 10.1 Å². The molecule has 0 spiro atoms. The smallest absolute Gasteiger partial charge is 0.238 e. The number of sulfone groups is 1. The summed E-state index contributed by atoms with van der Waals surface area (Å²) < 4.78 is 33.7. The third kappa shape index (κ3) is 4.28. The van der Waals surface area contributed by atoms with Crippen molar-refractivity contribution >= 4 is 15.7 Å². The van der Waals surface area contributed by atoms with Crippen molar-refractivity contribution in [2.45, 2.75) is 38.6 Å². The monoisotopic (exact) mass is 367 g/mol. The maximum atomic E-state index is 12.6. The third-order valence-corrected chi connectivity index (χ3v) is 5.95. The van der Waals surface area contributed by atoms with Crippen LogP contribution >= 0.6 is 0 Å². The van der Waals surface area contributed by atoms with Crippen LogP contribution in [0.25, 0.3) is 11.6 Å². The van der Waals surface area contributed by atoms with Gasteiger partial charge >= 0.3 is 0 Å². The maximum Gasteiger partial charge on any atom is 0.238 e. The maximum absolute atomic E-state index is 12.6. The second-order valence-electron chi connectivity index (χ2n) is 6.13. The minimum atomic E-state index is -3.03. The predicted molar refractivity (Wildman–Crippen MR) is 89.4 cm³/mol. The Kier molecular flexibility index (Phi) is 5.22. The highest BCUT2D eigenvalue weighted by Gasteiger charge is 2.34. The number of furan rings is 1. The first-order chi connectivity index (χ1) is 12.0. The van der Waals surface area contributed by atoms with Crippen LogP contribution in [0, 0.1) is 0 Å². The van der Waals surface area contributed by atoms with Crippen LogP contribution in [0.5, 0.6) is 0 Å². The quantitative estimate of drug-likeness (QED) is 0.733. The van der Waals surface area contributed by atoms with Crippen molar-refractivity contribution in [1.82, 2.24) is 15.0 Å². The van der Waals surface area contributed by atoms with Gasteiger partial charge in [0.15, 0.2) is 15.6 Å². The fraction of sp³-hybridized carbons (Fsp3) is 0.562. The topological polar surface area (TPSA) is 107 Å². The molecule has 0 bridgehead atoms. The molecule has 0 N–H and O–H groups in total. The van der Waals surface area contributed by atoms with Crippen LogP contribution in [0.1, 0.15) is 32.1 Å². The van der Waals surface area contributed by atoms with Crippen LogP contribution in [-0.2, 0) is 21.1 Å². The fourth-order valence-electron chi connectivity index (χ4n) is 2.99. The number of amides is 1. The van der Waals surface area contributed by atoms with E-state index in [4.69, 9.17) is 8.94 Å². The zero-order chi connectivity index (χ0) is 17.9. The molecule has 1 saturated heterocycles. The van der Waals surface area contributed by atoms with Crippen LogP contribution in [0.15, 0.2) is 27.3 Å². The second kappa shape index (κ2) is 7.38. The van der Waals surface area contributed by atoms with Crippen molar-refractivity contribution in [2.24, 2.45) is 0 Å². The van der Waals surface area contributed by atoms with Crippen LogP contribution in [0.2, 0.25) is 0 Å². The molecule has 1 fully saturated rings. The Hall–Kier alpha value is -2.16. The normalized spacial score (nSPS) is 19.2. The largest absolute Gasteiger partial charge is 0.461 e. The number of rotatable bonds is 7. The van der Waals surface area contributed by atoms with Gasteiger partial charge in [0, 0.05) is 25.4 Å². The van der Waals surface area contributed by atoms with Crippen molar-refractivity contribution in [2.75, 3.05) is 18.1 Å².